The van der Waals surface area contributed by atoms with Crippen LogP contribution in [0.2, 0.25) is 0 Å². The number of esters is 1. The number of carbonyl (C=O) groups excluding carboxylic acids is 1. The van der Waals surface area contributed by atoms with E-state index in [0.29, 0.717) is 11.3 Å². The van der Waals surface area contributed by atoms with Gasteiger partial charge in [-0.05, 0) is 28.7 Å². The second kappa shape index (κ2) is 8.95. The van der Waals surface area contributed by atoms with E-state index >= 15 is 0 Å². The molecule has 3 aromatic rings. The second-order valence-corrected chi connectivity index (χ2v) is 9.16. The minimum Gasteiger partial charge on any atom is -0.440 e. The number of para-hydroxylation sites is 1. The summed E-state index contributed by atoms with van der Waals surface area (Å²) in [6.45, 7) is 6.37. The Hall–Kier alpha value is -4.64. The van der Waals surface area contributed by atoms with E-state index in [0.717, 1.165) is 11.1 Å². The van der Waals surface area contributed by atoms with Gasteiger partial charge in [-0.25, -0.2) is 4.79 Å². The summed E-state index contributed by atoms with van der Waals surface area (Å²) >= 11 is 0. The van der Waals surface area contributed by atoms with Crippen LogP contribution in [0.4, 0.5) is 5.69 Å². The average Bonchev–Trinajstić information content (AvgIpc) is 2.82. The standard InChI is InChI=1S/C27H23N3O5/c1-27(2,3)17-10-8-16(9-11-17)24-20-13-12-18(14-23(20)35-25(29)21(24)15-28)34-26(31)19-6-4-5-7-22(19)30(32)33/h4-14,24H,29H2,1-3H3. The number of rotatable bonds is 4. The summed E-state index contributed by atoms with van der Waals surface area (Å²) in [4.78, 5) is 23.2. The molecule has 1 aliphatic heterocycles. The summed E-state index contributed by atoms with van der Waals surface area (Å²) in [6, 6.07) is 20.4. The number of hydrogen-bond donors (Lipinski definition) is 1. The molecule has 2 N–H and O–H groups in total. The molecule has 0 radical (unpaired) electrons. The highest BCUT2D eigenvalue weighted by Crippen LogP contribution is 2.43. The van der Waals surface area contributed by atoms with Crippen molar-refractivity contribution < 1.29 is 19.2 Å². The third kappa shape index (κ3) is 4.57. The van der Waals surface area contributed by atoms with Gasteiger partial charge in [-0.3, -0.25) is 10.1 Å². The first-order valence-electron chi connectivity index (χ1n) is 10.9. The lowest BCUT2D eigenvalue weighted by atomic mass is 9.81. The molecule has 8 heteroatoms. The monoisotopic (exact) mass is 469 g/mol. The Bertz CT molecular complexity index is 1400. The minimum atomic E-state index is -0.872. The molecular weight excluding hydrogens is 446 g/mol. The van der Waals surface area contributed by atoms with Crippen molar-refractivity contribution in [2.45, 2.75) is 32.1 Å². The summed E-state index contributed by atoms with van der Waals surface area (Å²) in [5, 5.41) is 21.0. The fourth-order valence-corrected chi connectivity index (χ4v) is 3.99. The topological polar surface area (TPSA) is 128 Å². The van der Waals surface area contributed by atoms with Crippen LogP contribution in [0.5, 0.6) is 11.5 Å². The number of benzene rings is 3. The van der Waals surface area contributed by atoms with Crippen LogP contribution in [0.25, 0.3) is 0 Å². The van der Waals surface area contributed by atoms with E-state index in [9.17, 15) is 20.2 Å². The average molecular weight is 469 g/mol. The molecule has 176 valence electrons. The summed E-state index contributed by atoms with van der Waals surface area (Å²) in [6.07, 6.45) is 0. The molecule has 0 fully saturated rings. The maximum absolute atomic E-state index is 12.6. The molecular formula is C27H23N3O5. The number of hydrogen-bond acceptors (Lipinski definition) is 7. The van der Waals surface area contributed by atoms with Gasteiger partial charge in [0.15, 0.2) is 0 Å². The lowest BCUT2D eigenvalue weighted by Gasteiger charge is -2.27. The number of allylic oxidation sites excluding steroid dienone is 1. The lowest BCUT2D eigenvalue weighted by Crippen LogP contribution is -2.21. The van der Waals surface area contributed by atoms with Crippen molar-refractivity contribution in [3.63, 3.8) is 0 Å². The van der Waals surface area contributed by atoms with Gasteiger partial charge in [0.1, 0.15) is 28.7 Å². The van der Waals surface area contributed by atoms with Crippen LogP contribution in [0.1, 0.15) is 53.7 Å². The summed E-state index contributed by atoms with van der Waals surface area (Å²) in [5.41, 5.74) is 8.53. The van der Waals surface area contributed by atoms with E-state index in [2.05, 4.69) is 26.8 Å². The Balaban J connectivity index is 1.69. The van der Waals surface area contributed by atoms with Crippen molar-refractivity contribution in [3.8, 4) is 17.6 Å². The van der Waals surface area contributed by atoms with E-state index in [1.807, 2.05) is 24.3 Å². The van der Waals surface area contributed by atoms with E-state index in [-0.39, 0.29) is 33.9 Å². The van der Waals surface area contributed by atoms with Crippen LogP contribution in [0.3, 0.4) is 0 Å². The van der Waals surface area contributed by atoms with Gasteiger partial charge in [-0.15, -0.1) is 0 Å². The van der Waals surface area contributed by atoms with E-state index in [4.69, 9.17) is 15.2 Å². The van der Waals surface area contributed by atoms with Gasteiger partial charge in [0.2, 0.25) is 5.88 Å². The summed E-state index contributed by atoms with van der Waals surface area (Å²) in [7, 11) is 0. The highest BCUT2D eigenvalue weighted by molar-refractivity contribution is 5.95. The van der Waals surface area contributed by atoms with Crippen LogP contribution in [0, 0.1) is 21.4 Å². The van der Waals surface area contributed by atoms with Crippen molar-refractivity contribution in [1.82, 2.24) is 0 Å². The van der Waals surface area contributed by atoms with Gasteiger partial charge in [0, 0.05) is 17.7 Å². The molecule has 0 bridgehead atoms. The number of fused-ring (bicyclic) bond motifs is 1. The van der Waals surface area contributed by atoms with Crippen molar-refractivity contribution in [2.75, 3.05) is 0 Å². The predicted molar refractivity (Wildman–Crippen MR) is 129 cm³/mol. The predicted octanol–water partition coefficient (Wildman–Crippen LogP) is 5.33. The van der Waals surface area contributed by atoms with Gasteiger partial charge in [-0.2, -0.15) is 5.26 Å². The van der Waals surface area contributed by atoms with Crippen LogP contribution in [0.15, 0.2) is 78.2 Å². The smallest absolute Gasteiger partial charge is 0.350 e. The fraction of sp³-hybridized carbons (Fsp3) is 0.185. The molecule has 8 nitrogen and oxygen atoms in total. The number of nitriles is 1. The van der Waals surface area contributed by atoms with E-state index in [1.165, 1.54) is 30.3 Å². The first-order chi connectivity index (χ1) is 16.6. The molecule has 1 heterocycles. The van der Waals surface area contributed by atoms with Crippen molar-refractivity contribution in [3.05, 3.63) is 111 Å². The van der Waals surface area contributed by atoms with Crippen LogP contribution < -0.4 is 15.2 Å². The number of nitrogens with two attached hydrogens (primary N) is 1. The quantitative estimate of drug-likeness (QED) is 0.237. The normalized spacial score (nSPS) is 15.0. The molecule has 0 saturated carbocycles. The van der Waals surface area contributed by atoms with Gasteiger partial charge < -0.3 is 15.2 Å². The van der Waals surface area contributed by atoms with Crippen LogP contribution >= 0.6 is 0 Å². The Kier molecular flexibility index (Phi) is 6.01. The zero-order valence-corrected chi connectivity index (χ0v) is 19.4. The molecule has 35 heavy (non-hydrogen) atoms. The minimum absolute atomic E-state index is 0.0222. The third-order valence-corrected chi connectivity index (χ3v) is 5.83. The molecule has 1 aliphatic rings. The number of ether oxygens (including phenoxy) is 2. The molecule has 1 atom stereocenters. The van der Waals surface area contributed by atoms with Crippen molar-refractivity contribution >= 4 is 11.7 Å². The molecule has 0 spiro atoms. The maximum atomic E-state index is 12.6. The molecule has 0 aromatic heterocycles. The maximum Gasteiger partial charge on any atom is 0.350 e. The van der Waals surface area contributed by atoms with Gasteiger partial charge in [-0.1, -0.05) is 63.2 Å². The molecule has 3 aromatic carbocycles. The Labute approximate surface area is 202 Å². The first-order valence-corrected chi connectivity index (χ1v) is 10.9. The van der Waals surface area contributed by atoms with Gasteiger partial charge >= 0.3 is 5.97 Å². The largest absolute Gasteiger partial charge is 0.440 e. The molecule has 0 amide bonds. The highest BCUT2D eigenvalue weighted by Gasteiger charge is 2.31. The Morgan fingerprint density at radius 3 is 2.43 bits per heavy atom. The van der Waals surface area contributed by atoms with E-state index in [1.54, 1.807) is 12.1 Å². The Morgan fingerprint density at radius 1 is 1.11 bits per heavy atom. The van der Waals surface area contributed by atoms with Crippen LogP contribution in [-0.4, -0.2) is 10.9 Å². The van der Waals surface area contributed by atoms with Crippen LogP contribution in [-0.2, 0) is 5.41 Å². The zero-order chi connectivity index (χ0) is 25.3. The summed E-state index contributed by atoms with van der Waals surface area (Å²) in [5.74, 6) is -0.908. The highest BCUT2D eigenvalue weighted by atomic mass is 16.6. The number of carbonyl (C=O) groups is 1. The summed E-state index contributed by atoms with van der Waals surface area (Å²) < 4.78 is 11.1. The number of nitro benzene ring substituents is 1. The zero-order valence-electron chi connectivity index (χ0n) is 19.4. The first kappa shape index (κ1) is 23.5. The van der Waals surface area contributed by atoms with Crippen molar-refractivity contribution in [2.24, 2.45) is 5.73 Å². The van der Waals surface area contributed by atoms with E-state index < -0.39 is 16.8 Å². The number of nitrogens with zero attached hydrogens (tertiary/aromatic N) is 2. The van der Waals surface area contributed by atoms with Gasteiger partial charge in [0.25, 0.3) is 5.69 Å². The lowest BCUT2D eigenvalue weighted by molar-refractivity contribution is -0.385. The molecule has 0 saturated heterocycles. The van der Waals surface area contributed by atoms with Crippen molar-refractivity contribution in [1.29, 1.82) is 5.26 Å². The molecule has 4 rings (SSSR count). The fourth-order valence-electron chi connectivity index (χ4n) is 3.99. The third-order valence-electron chi connectivity index (χ3n) is 5.83. The van der Waals surface area contributed by atoms with Gasteiger partial charge in [0.05, 0.1) is 10.8 Å². The molecule has 0 aliphatic carbocycles. The Morgan fingerprint density at radius 2 is 1.80 bits per heavy atom. The SMILES string of the molecule is CC(C)(C)c1ccc(C2C(C#N)=C(N)Oc3cc(OC(=O)c4ccccc4[N+](=O)[O-])ccc32)cc1. The second-order valence-electron chi connectivity index (χ2n) is 9.16. The molecule has 1 unspecified atom stereocenters. The number of nitro groups is 1.